The summed E-state index contributed by atoms with van der Waals surface area (Å²) in [5, 5.41) is 0. The van der Waals surface area contributed by atoms with Gasteiger partial charge in [-0.05, 0) is 35.4 Å². The lowest BCUT2D eigenvalue weighted by molar-refractivity contribution is 1.48. The van der Waals surface area contributed by atoms with E-state index < -0.39 is 0 Å². The second-order valence-corrected chi connectivity index (χ2v) is 4.85. The average molecular weight is 284 g/mol. The summed E-state index contributed by atoms with van der Waals surface area (Å²) in [6.45, 7) is 0. The van der Waals surface area contributed by atoms with Gasteiger partial charge in [-0.2, -0.15) is 0 Å². The minimum atomic E-state index is 0.919. The SMILES string of the molecule is C(=N\c1ccc(/N=C/c2ccccc2)cc1)/c1ccccc1. The molecule has 0 aromatic heterocycles. The smallest absolute Gasteiger partial charge is 0.0631 e. The van der Waals surface area contributed by atoms with Crippen molar-refractivity contribution >= 4 is 23.8 Å². The van der Waals surface area contributed by atoms with E-state index in [4.69, 9.17) is 0 Å². The zero-order chi connectivity index (χ0) is 15.0. The van der Waals surface area contributed by atoms with Gasteiger partial charge in [-0.15, -0.1) is 0 Å². The molecule has 3 rings (SSSR count). The summed E-state index contributed by atoms with van der Waals surface area (Å²) in [5.74, 6) is 0. The summed E-state index contributed by atoms with van der Waals surface area (Å²) >= 11 is 0. The molecular weight excluding hydrogens is 268 g/mol. The van der Waals surface area contributed by atoms with Crippen molar-refractivity contribution in [2.24, 2.45) is 9.98 Å². The fraction of sp³-hybridized carbons (Fsp3) is 0. The molecule has 0 aliphatic carbocycles. The lowest BCUT2D eigenvalue weighted by Gasteiger charge is -1.96. The topological polar surface area (TPSA) is 24.7 Å². The van der Waals surface area contributed by atoms with E-state index >= 15 is 0 Å². The number of benzene rings is 3. The van der Waals surface area contributed by atoms with Crippen molar-refractivity contribution in [2.45, 2.75) is 0 Å². The molecule has 0 bridgehead atoms. The fourth-order valence-electron chi connectivity index (χ4n) is 2.00. The Bertz CT molecular complexity index is 689. The van der Waals surface area contributed by atoms with E-state index in [1.807, 2.05) is 97.4 Å². The van der Waals surface area contributed by atoms with Gasteiger partial charge in [0.2, 0.25) is 0 Å². The maximum atomic E-state index is 4.46. The molecule has 0 saturated carbocycles. The van der Waals surface area contributed by atoms with E-state index in [1.54, 1.807) is 0 Å². The highest BCUT2D eigenvalue weighted by Crippen LogP contribution is 2.18. The van der Waals surface area contributed by atoms with Crippen molar-refractivity contribution in [3.05, 3.63) is 96.1 Å². The highest BCUT2D eigenvalue weighted by Gasteiger charge is 1.91. The van der Waals surface area contributed by atoms with Crippen LogP contribution in [0.1, 0.15) is 11.1 Å². The minimum Gasteiger partial charge on any atom is -0.256 e. The van der Waals surface area contributed by atoms with E-state index in [9.17, 15) is 0 Å². The van der Waals surface area contributed by atoms with E-state index in [0.717, 1.165) is 22.5 Å². The second kappa shape index (κ2) is 7.14. The van der Waals surface area contributed by atoms with Gasteiger partial charge in [-0.3, -0.25) is 9.98 Å². The van der Waals surface area contributed by atoms with Gasteiger partial charge in [0, 0.05) is 12.4 Å². The van der Waals surface area contributed by atoms with Crippen molar-refractivity contribution in [1.29, 1.82) is 0 Å². The zero-order valence-corrected chi connectivity index (χ0v) is 12.1. The Morgan fingerprint density at radius 1 is 0.455 bits per heavy atom. The standard InChI is InChI=1S/C20H16N2/c1-3-7-17(8-4-1)15-21-19-11-13-20(14-12-19)22-16-18-9-5-2-6-10-18/h1-16H/b21-15+,22-16+. The molecular formula is C20H16N2. The molecule has 0 heterocycles. The Labute approximate surface area is 130 Å². The van der Waals surface area contributed by atoms with Crippen LogP contribution in [0.25, 0.3) is 0 Å². The van der Waals surface area contributed by atoms with Crippen LogP contribution in [0.2, 0.25) is 0 Å². The van der Waals surface area contributed by atoms with Crippen LogP contribution in [0.5, 0.6) is 0 Å². The number of nitrogens with zero attached hydrogens (tertiary/aromatic N) is 2. The monoisotopic (exact) mass is 284 g/mol. The third kappa shape index (κ3) is 4.00. The molecule has 0 aliphatic heterocycles. The number of rotatable bonds is 4. The predicted molar refractivity (Wildman–Crippen MR) is 93.8 cm³/mol. The molecule has 0 aliphatic rings. The van der Waals surface area contributed by atoms with Crippen LogP contribution in [0, 0.1) is 0 Å². The van der Waals surface area contributed by atoms with E-state index in [-0.39, 0.29) is 0 Å². The minimum absolute atomic E-state index is 0.919. The Balaban J connectivity index is 1.68. The number of hydrogen-bond donors (Lipinski definition) is 0. The maximum Gasteiger partial charge on any atom is 0.0631 e. The first kappa shape index (κ1) is 14.0. The summed E-state index contributed by atoms with van der Waals surface area (Å²) in [7, 11) is 0. The average Bonchev–Trinajstić information content (AvgIpc) is 2.61. The van der Waals surface area contributed by atoms with Crippen LogP contribution < -0.4 is 0 Å². The first-order valence-corrected chi connectivity index (χ1v) is 7.18. The van der Waals surface area contributed by atoms with Crippen LogP contribution in [0.15, 0.2) is 94.9 Å². The van der Waals surface area contributed by atoms with Crippen molar-refractivity contribution < 1.29 is 0 Å². The molecule has 106 valence electrons. The molecule has 2 heteroatoms. The van der Waals surface area contributed by atoms with Gasteiger partial charge >= 0.3 is 0 Å². The molecule has 0 fully saturated rings. The lowest BCUT2D eigenvalue weighted by Crippen LogP contribution is -1.78. The lowest BCUT2D eigenvalue weighted by atomic mass is 10.2. The van der Waals surface area contributed by atoms with Gasteiger partial charge in [-0.1, -0.05) is 60.7 Å². The van der Waals surface area contributed by atoms with Gasteiger partial charge < -0.3 is 0 Å². The Kier molecular flexibility index (Phi) is 4.53. The molecule has 3 aromatic rings. The van der Waals surface area contributed by atoms with E-state index in [2.05, 4.69) is 9.98 Å². The van der Waals surface area contributed by atoms with Crippen molar-refractivity contribution in [1.82, 2.24) is 0 Å². The summed E-state index contributed by atoms with van der Waals surface area (Å²) in [4.78, 5) is 8.92. The largest absolute Gasteiger partial charge is 0.256 e. The van der Waals surface area contributed by atoms with E-state index in [0.29, 0.717) is 0 Å². The van der Waals surface area contributed by atoms with Gasteiger partial charge in [0.15, 0.2) is 0 Å². The highest BCUT2D eigenvalue weighted by molar-refractivity contribution is 5.83. The van der Waals surface area contributed by atoms with Gasteiger partial charge in [0.25, 0.3) is 0 Å². The van der Waals surface area contributed by atoms with Crippen LogP contribution in [-0.2, 0) is 0 Å². The van der Waals surface area contributed by atoms with Crippen molar-refractivity contribution in [2.75, 3.05) is 0 Å². The summed E-state index contributed by atoms with van der Waals surface area (Å²) in [6.07, 6.45) is 3.73. The van der Waals surface area contributed by atoms with Gasteiger partial charge in [0.05, 0.1) is 11.4 Å². The van der Waals surface area contributed by atoms with Crippen LogP contribution in [0.4, 0.5) is 11.4 Å². The zero-order valence-electron chi connectivity index (χ0n) is 12.1. The number of hydrogen-bond acceptors (Lipinski definition) is 2. The summed E-state index contributed by atoms with van der Waals surface area (Å²) in [5.41, 5.74) is 4.02. The van der Waals surface area contributed by atoms with Crippen LogP contribution in [0.3, 0.4) is 0 Å². The highest BCUT2D eigenvalue weighted by atomic mass is 14.7. The molecule has 0 saturated heterocycles. The molecule has 0 atom stereocenters. The third-order valence-electron chi connectivity index (χ3n) is 3.17. The molecule has 0 N–H and O–H groups in total. The van der Waals surface area contributed by atoms with Gasteiger partial charge in [-0.25, -0.2) is 0 Å². The molecule has 22 heavy (non-hydrogen) atoms. The van der Waals surface area contributed by atoms with Crippen LogP contribution >= 0.6 is 0 Å². The maximum absolute atomic E-state index is 4.46. The summed E-state index contributed by atoms with van der Waals surface area (Å²) in [6, 6.07) is 28.0. The third-order valence-corrected chi connectivity index (χ3v) is 3.17. The molecule has 0 radical (unpaired) electrons. The fourth-order valence-corrected chi connectivity index (χ4v) is 2.00. The molecule has 0 unspecified atom stereocenters. The normalized spacial score (nSPS) is 11.3. The van der Waals surface area contributed by atoms with Crippen molar-refractivity contribution in [3.8, 4) is 0 Å². The number of aliphatic imine (C=N–C) groups is 2. The first-order chi connectivity index (χ1) is 10.9. The predicted octanol–water partition coefficient (Wildman–Crippen LogP) is 5.19. The van der Waals surface area contributed by atoms with Gasteiger partial charge in [0.1, 0.15) is 0 Å². The summed E-state index contributed by atoms with van der Waals surface area (Å²) < 4.78 is 0. The molecule has 0 amide bonds. The second-order valence-electron chi connectivity index (χ2n) is 4.85. The Morgan fingerprint density at radius 2 is 0.818 bits per heavy atom. The van der Waals surface area contributed by atoms with Crippen molar-refractivity contribution in [3.63, 3.8) is 0 Å². The van der Waals surface area contributed by atoms with E-state index in [1.165, 1.54) is 0 Å². The molecule has 3 aromatic carbocycles. The first-order valence-electron chi connectivity index (χ1n) is 7.18. The quantitative estimate of drug-likeness (QED) is 0.589. The molecule has 0 spiro atoms. The Hall–Kier alpha value is -3.00. The molecule has 2 nitrogen and oxygen atoms in total. The Morgan fingerprint density at radius 3 is 1.18 bits per heavy atom. The van der Waals surface area contributed by atoms with Crippen LogP contribution in [-0.4, -0.2) is 12.4 Å².